The maximum absolute atomic E-state index is 5.99. The molecule has 4 nitrogen and oxygen atoms in total. The lowest BCUT2D eigenvalue weighted by Crippen LogP contribution is -2.28. The molecule has 1 heterocycles. The highest BCUT2D eigenvalue weighted by molar-refractivity contribution is 5.02. The number of nitrogens with two attached hydrogens (primary N) is 1. The van der Waals surface area contributed by atoms with Gasteiger partial charge in [-0.05, 0) is 19.3 Å². The molecule has 15 heavy (non-hydrogen) atoms. The Kier molecular flexibility index (Phi) is 3.05. The predicted octanol–water partition coefficient (Wildman–Crippen LogP) is 1.36. The summed E-state index contributed by atoms with van der Waals surface area (Å²) in [6.07, 6.45) is 5.57. The third-order valence-electron chi connectivity index (χ3n) is 3.24. The maximum Gasteiger partial charge on any atom is 0.150 e. The normalized spacial score (nSPS) is 26.9. The first-order valence-electron chi connectivity index (χ1n) is 5.86. The minimum atomic E-state index is 0.352. The van der Waals surface area contributed by atoms with E-state index in [0.29, 0.717) is 12.0 Å². The molecule has 2 rings (SSSR count). The molecule has 1 fully saturated rings. The van der Waals surface area contributed by atoms with Gasteiger partial charge < -0.3 is 5.73 Å². The molecule has 1 aromatic heterocycles. The number of rotatable bonds is 2. The summed E-state index contributed by atoms with van der Waals surface area (Å²) in [5, 5.41) is 4.39. The smallest absolute Gasteiger partial charge is 0.150 e. The van der Waals surface area contributed by atoms with Gasteiger partial charge in [-0.25, -0.2) is 4.98 Å². The van der Waals surface area contributed by atoms with Gasteiger partial charge in [-0.2, -0.15) is 5.10 Å². The lowest BCUT2D eigenvalue weighted by atomic mass is 9.85. The molecule has 0 spiro atoms. The van der Waals surface area contributed by atoms with Gasteiger partial charge in [0.2, 0.25) is 0 Å². The lowest BCUT2D eigenvalue weighted by molar-refractivity contribution is 0.374. The lowest BCUT2D eigenvalue weighted by Gasteiger charge is -2.25. The maximum atomic E-state index is 5.99. The van der Waals surface area contributed by atoms with E-state index in [1.54, 1.807) is 0 Å². The van der Waals surface area contributed by atoms with Crippen LogP contribution in [0.15, 0.2) is 0 Å². The van der Waals surface area contributed by atoms with E-state index in [1.807, 2.05) is 11.7 Å². The molecule has 0 aromatic carbocycles. The SMILES string of the molecule is CCc1nc(C2CCCC(N)C2)n(C)n1. The molecular weight excluding hydrogens is 188 g/mol. The van der Waals surface area contributed by atoms with Gasteiger partial charge in [0.25, 0.3) is 0 Å². The van der Waals surface area contributed by atoms with E-state index in [2.05, 4.69) is 17.0 Å². The van der Waals surface area contributed by atoms with Gasteiger partial charge in [0.05, 0.1) is 0 Å². The molecule has 84 valence electrons. The van der Waals surface area contributed by atoms with Crippen molar-refractivity contribution in [3.8, 4) is 0 Å². The van der Waals surface area contributed by atoms with Crippen molar-refractivity contribution in [3.63, 3.8) is 0 Å². The fraction of sp³-hybridized carbons (Fsp3) is 0.818. The summed E-state index contributed by atoms with van der Waals surface area (Å²) in [7, 11) is 1.99. The molecule has 1 saturated carbocycles. The monoisotopic (exact) mass is 208 g/mol. The Hall–Kier alpha value is -0.900. The third-order valence-corrected chi connectivity index (χ3v) is 3.24. The molecule has 1 aliphatic carbocycles. The van der Waals surface area contributed by atoms with Crippen molar-refractivity contribution < 1.29 is 0 Å². The topological polar surface area (TPSA) is 56.7 Å². The van der Waals surface area contributed by atoms with E-state index < -0.39 is 0 Å². The van der Waals surface area contributed by atoms with Crippen LogP contribution in [0, 0.1) is 0 Å². The van der Waals surface area contributed by atoms with Crippen molar-refractivity contribution in [1.29, 1.82) is 0 Å². The summed E-state index contributed by atoms with van der Waals surface area (Å²) in [4.78, 5) is 4.58. The van der Waals surface area contributed by atoms with Gasteiger partial charge >= 0.3 is 0 Å². The fourth-order valence-corrected chi connectivity index (χ4v) is 2.42. The largest absolute Gasteiger partial charge is 0.328 e. The van der Waals surface area contributed by atoms with Crippen LogP contribution in [-0.2, 0) is 13.5 Å². The van der Waals surface area contributed by atoms with E-state index >= 15 is 0 Å². The highest BCUT2D eigenvalue weighted by Crippen LogP contribution is 2.30. The first-order chi connectivity index (χ1) is 7.20. The summed E-state index contributed by atoms with van der Waals surface area (Å²) in [6, 6.07) is 0.352. The molecule has 0 radical (unpaired) electrons. The Bertz CT molecular complexity index is 331. The van der Waals surface area contributed by atoms with Gasteiger partial charge in [-0.3, -0.25) is 4.68 Å². The van der Waals surface area contributed by atoms with Crippen molar-refractivity contribution in [1.82, 2.24) is 14.8 Å². The molecule has 1 aromatic rings. The molecule has 2 atom stereocenters. The van der Waals surface area contributed by atoms with Crippen molar-refractivity contribution in [2.24, 2.45) is 12.8 Å². The summed E-state index contributed by atoms with van der Waals surface area (Å²) < 4.78 is 1.93. The highest BCUT2D eigenvalue weighted by Gasteiger charge is 2.24. The molecule has 4 heteroatoms. The Morgan fingerprint density at radius 1 is 1.47 bits per heavy atom. The van der Waals surface area contributed by atoms with Crippen molar-refractivity contribution in [3.05, 3.63) is 11.6 Å². The van der Waals surface area contributed by atoms with Gasteiger partial charge in [-0.1, -0.05) is 13.3 Å². The molecule has 2 N–H and O–H groups in total. The van der Waals surface area contributed by atoms with E-state index in [-0.39, 0.29) is 0 Å². The van der Waals surface area contributed by atoms with E-state index in [9.17, 15) is 0 Å². The van der Waals surface area contributed by atoms with Crippen molar-refractivity contribution >= 4 is 0 Å². The fourth-order valence-electron chi connectivity index (χ4n) is 2.42. The summed E-state index contributed by atoms with van der Waals surface area (Å²) in [5.41, 5.74) is 5.99. The van der Waals surface area contributed by atoms with Crippen LogP contribution in [0.4, 0.5) is 0 Å². The standard InChI is InChI=1S/C11H20N4/c1-3-10-13-11(15(2)14-10)8-5-4-6-9(12)7-8/h8-9H,3-7,12H2,1-2H3. The Morgan fingerprint density at radius 2 is 2.27 bits per heavy atom. The average Bonchev–Trinajstić information content (AvgIpc) is 2.60. The molecule has 1 aliphatic rings. The van der Waals surface area contributed by atoms with Crippen LogP contribution in [0.3, 0.4) is 0 Å². The number of hydrogen-bond donors (Lipinski definition) is 1. The van der Waals surface area contributed by atoms with Crippen LogP contribution in [0.5, 0.6) is 0 Å². The number of aryl methyl sites for hydroxylation is 2. The predicted molar refractivity (Wildman–Crippen MR) is 59.6 cm³/mol. The molecule has 0 saturated heterocycles. The molecule has 0 aliphatic heterocycles. The minimum Gasteiger partial charge on any atom is -0.328 e. The number of nitrogens with zero attached hydrogens (tertiary/aromatic N) is 3. The van der Waals surface area contributed by atoms with Crippen LogP contribution in [0.25, 0.3) is 0 Å². The van der Waals surface area contributed by atoms with E-state index in [1.165, 1.54) is 12.8 Å². The molecule has 2 unspecified atom stereocenters. The van der Waals surface area contributed by atoms with Crippen LogP contribution < -0.4 is 5.73 Å². The molecular formula is C11H20N4. The van der Waals surface area contributed by atoms with Crippen LogP contribution >= 0.6 is 0 Å². The Labute approximate surface area is 90.9 Å². The van der Waals surface area contributed by atoms with Crippen LogP contribution in [-0.4, -0.2) is 20.8 Å². The minimum absolute atomic E-state index is 0.352. The third kappa shape index (κ3) is 2.20. The zero-order valence-corrected chi connectivity index (χ0v) is 9.61. The number of aromatic nitrogens is 3. The van der Waals surface area contributed by atoms with Crippen LogP contribution in [0.2, 0.25) is 0 Å². The van der Waals surface area contributed by atoms with Gasteiger partial charge in [0.15, 0.2) is 5.82 Å². The number of hydrogen-bond acceptors (Lipinski definition) is 3. The summed E-state index contributed by atoms with van der Waals surface area (Å²) in [6.45, 7) is 2.09. The van der Waals surface area contributed by atoms with Crippen molar-refractivity contribution in [2.45, 2.75) is 51.0 Å². The van der Waals surface area contributed by atoms with E-state index in [0.717, 1.165) is 30.9 Å². The second-order valence-electron chi connectivity index (χ2n) is 4.49. The zero-order valence-electron chi connectivity index (χ0n) is 9.61. The Morgan fingerprint density at radius 3 is 2.87 bits per heavy atom. The summed E-state index contributed by atoms with van der Waals surface area (Å²) in [5.74, 6) is 2.60. The second kappa shape index (κ2) is 4.31. The molecule has 0 amide bonds. The first-order valence-corrected chi connectivity index (χ1v) is 5.86. The quantitative estimate of drug-likeness (QED) is 0.798. The van der Waals surface area contributed by atoms with Gasteiger partial charge in [0, 0.05) is 25.4 Å². The van der Waals surface area contributed by atoms with E-state index in [4.69, 9.17) is 5.73 Å². The summed E-state index contributed by atoms with van der Waals surface area (Å²) >= 11 is 0. The average molecular weight is 208 g/mol. The van der Waals surface area contributed by atoms with Gasteiger partial charge in [-0.15, -0.1) is 0 Å². The van der Waals surface area contributed by atoms with Gasteiger partial charge in [0.1, 0.15) is 5.82 Å². The first kappa shape index (κ1) is 10.6. The van der Waals surface area contributed by atoms with Crippen LogP contribution in [0.1, 0.15) is 50.2 Å². The Balaban J connectivity index is 2.16. The zero-order chi connectivity index (χ0) is 10.8. The molecule has 0 bridgehead atoms. The second-order valence-corrected chi connectivity index (χ2v) is 4.49. The van der Waals surface area contributed by atoms with Crippen molar-refractivity contribution in [2.75, 3.05) is 0 Å². The highest BCUT2D eigenvalue weighted by atomic mass is 15.3.